The van der Waals surface area contributed by atoms with Gasteiger partial charge >= 0.3 is 0 Å². The maximum Gasteiger partial charge on any atom is 0.263 e. The highest BCUT2D eigenvalue weighted by atomic mass is 35.5. The summed E-state index contributed by atoms with van der Waals surface area (Å²) in [7, 11) is 0. The van der Waals surface area contributed by atoms with Crippen molar-refractivity contribution in [2.75, 3.05) is 5.32 Å². The molecule has 1 N–H and O–H groups in total. The zero-order chi connectivity index (χ0) is 13.0. The number of hydrogen-bond donors (Lipinski definition) is 1. The fraction of sp³-hybridized carbons (Fsp3) is 0.364. The van der Waals surface area contributed by atoms with Crippen molar-refractivity contribution in [3.63, 3.8) is 0 Å². The SMILES string of the molecule is CCCn1nnc(NCc2ccc(Cl)cc2Cl)n1. The molecule has 96 valence electrons. The molecule has 0 atom stereocenters. The highest BCUT2D eigenvalue weighted by Gasteiger charge is 2.04. The van der Waals surface area contributed by atoms with Crippen molar-refractivity contribution in [3.8, 4) is 0 Å². The zero-order valence-corrected chi connectivity index (χ0v) is 11.4. The van der Waals surface area contributed by atoms with Gasteiger partial charge in [0.2, 0.25) is 0 Å². The number of halogens is 2. The number of aryl methyl sites for hydroxylation is 1. The van der Waals surface area contributed by atoms with Crippen molar-refractivity contribution in [2.24, 2.45) is 0 Å². The first kappa shape index (κ1) is 13.1. The van der Waals surface area contributed by atoms with Gasteiger partial charge in [-0.3, -0.25) is 0 Å². The molecule has 0 aliphatic rings. The Morgan fingerprint density at radius 3 is 2.89 bits per heavy atom. The second-order valence-corrected chi connectivity index (χ2v) is 4.64. The molecule has 2 rings (SSSR count). The van der Waals surface area contributed by atoms with Crippen LogP contribution in [0.4, 0.5) is 5.95 Å². The molecule has 0 radical (unpaired) electrons. The lowest BCUT2D eigenvalue weighted by Gasteiger charge is -2.04. The lowest BCUT2D eigenvalue weighted by Crippen LogP contribution is -2.04. The van der Waals surface area contributed by atoms with Gasteiger partial charge in [-0.2, -0.15) is 4.80 Å². The average molecular weight is 286 g/mol. The topological polar surface area (TPSA) is 55.6 Å². The number of aromatic nitrogens is 4. The van der Waals surface area contributed by atoms with Crippen LogP contribution < -0.4 is 5.32 Å². The number of tetrazole rings is 1. The van der Waals surface area contributed by atoms with E-state index in [2.05, 4.69) is 27.7 Å². The van der Waals surface area contributed by atoms with Gasteiger partial charge in [-0.1, -0.05) is 41.3 Å². The van der Waals surface area contributed by atoms with Crippen molar-refractivity contribution in [2.45, 2.75) is 26.4 Å². The fourth-order valence-corrected chi connectivity index (χ4v) is 1.92. The third-order valence-electron chi connectivity index (χ3n) is 2.33. The minimum Gasteiger partial charge on any atom is -0.347 e. The Labute approximate surface area is 115 Å². The van der Waals surface area contributed by atoms with Gasteiger partial charge in [0.25, 0.3) is 5.95 Å². The Kier molecular flexibility index (Phi) is 4.38. The van der Waals surface area contributed by atoms with Crippen LogP contribution in [0.25, 0.3) is 0 Å². The van der Waals surface area contributed by atoms with Crippen molar-refractivity contribution in [3.05, 3.63) is 33.8 Å². The normalized spacial score (nSPS) is 10.6. The van der Waals surface area contributed by atoms with E-state index in [1.807, 2.05) is 6.07 Å². The number of nitrogens with one attached hydrogen (secondary N) is 1. The Balaban J connectivity index is 1.97. The van der Waals surface area contributed by atoms with E-state index >= 15 is 0 Å². The summed E-state index contributed by atoms with van der Waals surface area (Å²) >= 11 is 11.9. The van der Waals surface area contributed by atoms with Gasteiger partial charge in [-0.05, 0) is 29.3 Å². The highest BCUT2D eigenvalue weighted by molar-refractivity contribution is 6.35. The Hall–Kier alpha value is -1.33. The summed E-state index contributed by atoms with van der Waals surface area (Å²) in [6.07, 6.45) is 0.971. The third kappa shape index (κ3) is 3.34. The minimum atomic E-state index is 0.495. The summed E-state index contributed by atoms with van der Waals surface area (Å²) < 4.78 is 0. The molecular formula is C11H13Cl2N5. The molecule has 0 aliphatic heterocycles. The molecule has 0 saturated carbocycles. The van der Waals surface area contributed by atoms with Crippen LogP contribution in [0.2, 0.25) is 10.0 Å². The van der Waals surface area contributed by atoms with Crippen LogP contribution in [0.15, 0.2) is 18.2 Å². The summed E-state index contributed by atoms with van der Waals surface area (Å²) in [5.74, 6) is 0.495. The van der Waals surface area contributed by atoms with E-state index in [1.165, 1.54) is 0 Å². The fourth-order valence-electron chi connectivity index (χ4n) is 1.45. The Morgan fingerprint density at radius 2 is 2.17 bits per heavy atom. The maximum absolute atomic E-state index is 6.06. The Morgan fingerprint density at radius 1 is 1.33 bits per heavy atom. The van der Waals surface area contributed by atoms with E-state index < -0.39 is 0 Å². The quantitative estimate of drug-likeness (QED) is 0.918. The number of rotatable bonds is 5. The summed E-state index contributed by atoms with van der Waals surface area (Å²) in [4.78, 5) is 1.56. The molecule has 0 amide bonds. The van der Waals surface area contributed by atoms with Gasteiger partial charge < -0.3 is 5.32 Å². The van der Waals surface area contributed by atoms with Crippen molar-refractivity contribution < 1.29 is 0 Å². The molecule has 1 aromatic heterocycles. The summed E-state index contributed by atoms with van der Waals surface area (Å²) in [5.41, 5.74) is 0.938. The van der Waals surface area contributed by atoms with Gasteiger partial charge in [0.1, 0.15) is 0 Å². The standard InChI is InChI=1S/C11H13Cl2N5/c1-2-5-18-16-11(15-17-18)14-7-8-3-4-9(12)6-10(8)13/h3-4,6H,2,5,7H2,1H3,(H,14,16). The molecule has 0 fully saturated rings. The predicted octanol–water partition coefficient (Wildman–Crippen LogP) is 3.00. The number of anilines is 1. The highest BCUT2D eigenvalue weighted by Crippen LogP contribution is 2.21. The second kappa shape index (κ2) is 6.02. The largest absolute Gasteiger partial charge is 0.347 e. The summed E-state index contributed by atoms with van der Waals surface area (Å²) in [5, 5.41) is 16.3. The predicted molar refractivity (Wildman–Crippen MR) is 71.9 cm³/mol. The van der Waals surface area contributed by atoms with Crippen molar-refractivity contribution >= 4 is 29.2 Å². The van der Waals surface area contributed by atoms with Crippen LogP contribution in [-0.2, 0) is 13.1 Å². The van der Waals surface area contributed by atoms with Crippen LogP contribution in [0.3, 0.4) is 0 Å². The van der Waals surface area contributed by atoms with Crippen LogP contribution in [0.5, 0.6) is 0 Å². The van der Waals surface area contributed by atoms with Crippen LogP contribution in [0, 0.1) is 0 Å². The van der Waals surface area contributed by atoms with Gasteiger partial charge in [0, 0.05) is 16.6 Å². The third-order valence-corrected chi connectivity index (χ3v) is 2.92. The van der Waals surface area contributed by atoms with E-state index in [0.717, 1.165) is 18.5 Å². The molecule has 5 nitrogen and oxygen atoms in total. The first-order valence-electron chi connectivity index (χ1n) is 5.64. The van der Waals surface area contributed by atoms with Crippen molar-refractivity contribution in [1.82, 2.24) is 20.2 Å². The van der Waals surface area contributed by atoms with E-state index in [9.17, 15) is 0 Å². The minimum absolute atomic E-state index is 0.495. The van der Waals surface area contributed by atoms with Crippen LogP contribution >= 0.6 is 23.2 Å². The van der Waals surface area contributed by atoms with E-state index in [-0.39, 0.29) is 0 Å². The Bertz CT molecular complexity index is 526. The van der Waals surface area contributed by atoms with E-state index in [0.29, 0.717) is 22.5 Å². The molecule has 0 aliphatic carbocycles. The summed E-state index contributed by atoms with van der Waals surface area (Å²) in [6, 6.07) is 5.38. The molecule has 18 heavy (non-hydrogen) atoms. The maximum atomic E-state index is 6.06. The number of hydrogen-bond acceptors (Lipinski definition) is 4. The van der Waals surface area contributed by atoms with Gasteiger partial charge in [-0.25, -0.2) is 0 Å². The lowest BCUT2D eigenvalue weighted by molar-refractivity contribution is 0.515. The van der Waals surface area contributed by atoms with Gasteiger partial charge in [0.05, 0.1) is 6.54 Å². The van der Waals surface area contributed by atoms with Crippen molar-refractivity contribution in [1.29, 1.82) is 0 Å². The van der Waals surface area contributed by atoms with E-state index in [1.54, 1.807) is 16.9 Å². The molecule has 1 heterocycles. The zero-order valence-electron chi connectivity index (χ0n) is 9.90. The smallest absolute Gasteiger partial charge is 0.263 e. The molecular weight excluding hydrogens is 273 g/mol. The number of benzene rings is 1. The monoisotopic (exact) mass is 285 g/mol. The van der Waals surface area contributed by atoms with Crippen LogP contribution in [-0.4, -0.2) is 20.2 Å². The second-order valence-electron chi connectivity index (χ2n) is 3.80. The van der Waals surface area contributed by atoms with Gasteiger partial charge in [0.15, 0.2) is 0 Å². The van der Waals surface area contributed by atoms with Crippen LogP contribution in [0.1, 0.15) is 18.9 Å². The molecule has 1 aromatic carbocycles. The first-order valence-corrected chi connectivity index (χ1v) is 6.40. The molecule has 0 unspecified atom stereocenters. The molecule has 0 saturated heterocycles. The first-order chi connectivity index (χ1) is 8.69. The molecule has 2 aromatic rings. The number of nitrogens with zero attached hydrogens (tertiary/aromatic N) is 4. The van der Waals surface area contributed by atoms with Gasteiger partial charge in [-0.15, -0.1) is 5.10 Å². The summed E-state index contributed by atoms with van der Waals surface area (Å²) in [6.45, 7) is 3.36. The average Bonchev–Trinajstić information content (AvgIpc) is 2.76. The van der Waals surface area contributed by atoms with E-state index in [4.69, 9.17) is 23.2 Å². The molecule has 0 spiro atoms. The molecule has 7 heteroatoms. The lowest BCUT2D eigenvalue weighted by atomic mass is 10.2. The molecule has 0 bridgehead atoms.